The predicted octanol–water partition coefficient (Wildman–Crippen LogP) is 0.0831. The van der Waals surface area contributed by atoms with Crippen LogP contribution in [0.15, 0.2) is 6.33 Å². The molecular formula is C4H8N4. The third-order valence-corrected chi connectivity index (χ3v) is 0.844. The summed E-state index contributed by atoms with van der Waals surface area (Å²) in [6.45, 7) is 2.99. The van der Waals surface area contributed by atoms with E-state index >= 15 is 0 Å². The van der Waals surface area contributed by atoms with E-state index in [9.17, 15) is 0 Å². The van der Waals surface area contributed by atoms with Gasteiger partial charge in [0.15, 0.2) is 0 Å². The lowest BCUT2D eigenvalue weighted by Crippen LogP contribution is -1.96. The Hall–Kier alpha value is -0.930. The monoisotopic (exact) mass is 112 g/mol. The second kappa shape index (κ2) is 2.40. The first-order valence-electron chi connectivity index (χ1n) is 2.64. The second-order valence-corrected chi connectivity index (χ2v) is 1.57. The van der Waals surface area contributed by atoms with Gasteiger partial charge in [-0.3, -0.25) is 0 Å². The van der Waals surface area contributed by atoms with Crippen LogP contribution in [0.25, 0.3) is 0 Å². The Kier molecular flexibility index (Phi) is 1.56. The minimum Gasteiger partial charge on any atom is -0.233 e. The number of hydrogen-bond acceptors (Lipinski definition) is 3. The van der Waals surface area contributed by atoms with Crippen LogP contribution in [0.3, 0.4) is 0 Å². The highest BCUT2D eigenvalue weighted by molar-refractivity contribution is 4.43. The summed E-state index contributed by atoms with van der Waals surface area (Å²) in [5.74, 6) is 0. The molecule has 0 saturated heterocycles. The van der Waals surface area contributed by atoms with Crippen molar-refractivity contribution < 1.29 is 0 Å². The van der Waals surface area contributed by atoms with Crippen LogP contribution in [0, 0.1) is 0 Å². The van der Waals surface area contributed by atoms with Crippen LogP contribution >= 0.6 is 0 Å². The number of aryl methyl sites for hydroxylation is 1. The van der Waals surface area contributed by atoms with Gasteiger partial charge in [0.25, 0.3) is 0 Å². The Labute approximate surface area is 47.5 Å². The van der Waals surface area contributed by atoms with Crippen molar-refractivity contribution in [2.75, 3.05) is 0 Å². The molecule has 0 N–H and O–H groups in total. The van der Waals surface area contributed by atoms with Crippen molar-refractivity contribution in [1.82, 2.24) is 20.2 Å². The molecule has 1 aromatic heterocycles. The molecule has 0 atom stereocenters. The van der Waals surface area contributed by atoms with Gasteiger partial charge in [0.05, 0.1) is 0 Å². The summed E-state index contributed by atoms with van der Waals surface area (Å²) < 4.78 is 1.71. The van der Waals surface area contributed by atoms with E-state index in [0.29, 0.717) is 0 Å². The topological polar surface area (TPSA) is 43.6 Å². The molecule has 0 radical (unpaired) electrons. The molecule has 1 heterocycles. The van der Waals surface area contributed by atoms with Crippen molar-refractivity contribution >= 4 is 0 Å². The quantitative estimate of drug-likeness (QED) is 0.544. The van der Waals surface area contributed by atoms with Crippen LogP contribution in [0.1, 0.15) is 13.3 Å². The third-order valence-electron chi connectivity index (χ3n) is 0.844. The molecular weight excluding hydrogens is 104 g/mol. The van der Waals surface area contributed by atoms with Gasteiger partial charge in [0.1, 0.15) is 6.33 Å². The van der Waals surface area contributed by atoms with Crippen LogP contribution in [0.2, 0.25) is 0 Å². The Morgan fingerprint density at radius 2 is 2.50 bits per heavy atom. The highest BCUT2D eigenvalue weighted by atomic mass is 15.5. The number of rotatable bonds is 2. The molecule has 44 valence electrons. The van der Waals surface area contributed by atoms with Gasteiger partial charge >= 0.3 is 0 Å². The maximum Gasteiger partial charge on any atom is 0.138 e. The first-order valence-corrected chi connectivity index (χ1v) is 2.64. The summed E-state index contributed by atoms with van der Waals surface area (Å²) in [6.07, 6.45) is 2.69. The maximum absolute atomic E-state index is 3.66. The summed E-state index contributed by atoms with van der Waals surface area (Å²) in [7, 11) is 0. The van der Waals surface area contributed by atoms with Crippen LogP contribution in [0.5, 0.6) is 0 Å². The predicted molar refractivity (Wildman–Crippen MR) is 28.1 cm³/mol. The summed E-state index contributed by atoms with van der Waals surface area (Å²) in [5, 5.41) is 10.6. The van der Waals surface area contributed by atoms with Gasteiger partial charge in [0, 0.05) is 6.54 Å². The van der Waals surface area contributed by atoms with Gasteiger partial charge in [-0.25, -0.2) is 4.68 Å². The first-order chi connectivity index (χ1) is 3.93. The molecule has 0 saturated carbocycles. The summed E-state index contributed by atoms with van der Waals surface area (Å²) in [4.78, 5) is 0. The second-order valence-electron chi connectivity index (χ2n) is 1.57. The smallest absolute Gasteiger partial charge is 0.138 e. The zero-order chi connectivity index (χ0) is 5.82. The largest absolute Gasteiger partial charge is 0.233 e. The van der Waals surface area contributed by atoms with E-state index in [1.54, 1.807) is 11.0 Å². The molecule has 0 aliphatic heterocycles. The Bertz CT molecular complexity index is 134. The molecule has 4 nitrogen and oxygen atoms in total. The first kappa shape index (κ1) is 5.21. The van der Waals surface area contributed by atoms with E-state index < -0.39 is 0 Å². The molecule has 0 spiro atoms. The number of nitrogens with zero attached hydrogens (tertiary/aromatic N) is 4. The fourth-order valence-electron chi connectivity index (χ4n) is 0.512. The zero-order valence-electron chi connectivity index (χ0n) is 4.78. The van der Waals surface area contributed by atoms with Crippen LogP contribution in [-0.4, -0.2) is 20.2 Å². The van der Waals surface area contributed by atoms with Crippen molar-refractivity contribution in [3.63, 3.8) is 0 Å². The number of hydrogen-bond donors (Lipinski definition) is 0. The van der Waals surface area contributed by atoms with E-state index in [0.717, 1.165) is 13.0 Å². The Balaban J connectivity index is 2.50. The lowest BCUT2D eigenvalue weighted by Gasteiger charge is -1.89. The molecule has 1 rings (SSSR count). The average Bonchev–Trinajstić information content (AvgIpc) is 2.19. The minimum absolute atomic E-state index is 0.910. The zero-order valence-corrected chi connectivity index (χ0v) is 4.78. The van der Waals surface area contributed by atoms with Gasteiger partial charge in [-0.15, -0.1) is 5.10 Å². The summed E-state index contributed by atoms with van der Waals surface area (Å²) in [5.41, 5.74) is 0. The lowest BCUT2D eigenvalue weighted by atomic mass is 10.5. The SMILES string of the molecule is CCCn1cnnn1. The van der Waals surface area contributed by atoms with Crippen LogP contribution in [0.4, 0.5) is 0 Å². The van der Waals surface area contributed by atoms with Crippen molar-refractivity contribution in [3.8, 4) is 0 Å². The molecule has 0 bridgehead atoms. The van der Waals surface area contributed by atoms with Gasteiger partial charge in [-0.1, -0.05) is 6.92 Å². The van der Waals surface area contributed by atoms with E-state index in [2.05, 4.69) is 22.4 Å². The fourth-order valence-corrected chi connectivity index (χ4v) is 0.512. The Morgan fingerprint density at radius 3 is 3.00 bits per heavy atom. The molecule has 0 fully saturated rings. The summed E-state index contributed by atoms with van der Waals surface area (Å²) in [6, 6.07) is 0. The highest BCUT2D eigenvalue weighted by Crippen LogP contribution is 1.80. The van der Waals surface area contributed by atoms with Gasteiger partial charge in [0.2, 0.25) is 0 Å². The normalized spacial score (nSPS) is 9.62. The summed E-state index contributed by atoms with van der Waals surface area (Å²) >= 11 is 0. The molecule has 0 aliphatic carbocycles. The van der Waals surface area contributed by atoms with E-state index in [1.807, 2.05) is 0 Å². The average molecular weight is 112 g/mol. The van der Waals surface area contributed by atoms with Crippen molar-refractivity contribution in [3.05, 3.63) is 6.33 Å². The highest BCUT2D eigenvalue weighted by Gasteiger charge is 1.85. The standard InChI is InChI=1S/C4H8N4/c1-2-3-8-4-5-6-7-8/h4H,2-3H2,1H3. The fraction of sp³-hybridized carbons (Fsp3) is 0.750. The molecule has 0 aromatic carbocycles. The number of aromatic nitrogens is 4. The third kappa shape index (κ3) is 1.02. The molecule has 0 amide bonds. The van der Waals surface area contributed by atoms with E-state index in [-0.39, 0.29) is 0 Å². The number of tetrazole rings is 1. The Morgan fingerprint density at radius 1 is 1.62 bits per heavy atom. The van der Waals surface area contributed by atoms with Crippen molar-refractivity contribution in [2.45, 2.75) is 19.9 Å². The molecule has 1 aromatic rings. The molecule has 0 unspecified atom stereocenters. The van der Waals surface area contributed by atoms with Crippen molar-refractivity contribution in [1.29, 1.82) is 0 Å². The molecule has 4 heteroatoms. The lowest BCUT2D eigenvalue weighted by molar-refractivity contribution is 0.578. The minimum atomic E-state index is 0.910. The molecule has 0 aliphatic rings. The molecule has 8 heavy (non-hydrogen) atoms. The van der Waals surface area contributed by atoms with E-state index in [1.165, 1.54) is 0 Å². The maximum atomic E-state index is 3.66. The van der Waals surface area contributed by atoms with Crippen molar-refractivity contribution in [2.24, 2.45) is 0 Å². The van der Waals surface area contributed by atoms with Gasteiger partial charge in [-0.05, 0) is 16.8 Å². The van der Waals surface area contributed by atoms with Crippen LogP contribution in [-0.2, 0) is 6.54 Å². The van der Waals surface area contributed by atoms with Gasteiger partial charge in [-0.2, -0.15) is 0 Å². The van der Waals surface area contributed by atoms with E-state index in [4.69, 9.17) is 0 Å². The van der Waals surface area contributed by atoms with Gasteiger partial charge < -0.3 is 0 Å². The van der Waals surface area contributed by atoms with Crippen LogP contribution < -0.4 is 0 Å².